The summed E-state index contributed by atoms with van der Waals surface area (Å²) in [6.07, 6.45) is 0. The van der Waals surface area contributed by atoms with Crippen LogP contribution in [-0.4, -0.2) is 27.2 Å². The summed E-state index contributed by atoms with van der Waals surface area (Å²) in [7, 11) is 0. The number of phenolic OH excluding ortho intramolecular Hbond substituents is 1. The summed E-state index contributed by atoms with van der Waals surface area (Å²) < 4.78 is 27.4. The van der Waals surface area contributed by atoms with Crippen molar-refractivity contribution in [3.05, 3.63) is 24.8 Å². The van der Waals surface area contributed by atoms with Crippen molar-refractivity contribution in [3.63, 3.8) is 0 Å². The summed E-state index contributed by atoms with van der Waals surface area (Å²) in [6, 6.07) is 2.24. The first-order valence-electron chi connectivity index (χ1n) is 4.54. The molecule has 0 aromatic heterocycles. The second kappa shape index (κ2) is 5.04. The van der Waals surface area contributed by atoms with E-state index >= 15 is 0 Å². The number of carboxylic acids is 1. The maximum atomic E-state index is 13.5. The van der Waals surface area contributed by atoms with Crippen molar-refractivity contribution in [3.8, 4) is 5.75 Å². The minimum Gasteiger partial charge on any atom is -0.506 e. The van der Waals surface area contributed by atoms with E-state index in [4.69, 9.17) is 5.11 Å². The second-order valence-corrected chi connectivity index (χ2v) is 6.06. The van der Waals surface area contributed by atoms with Gasteiger partial charge in [0.2, 0.25) is 0 Å². The van der Waals surface area contributed by atoms with Gasteiger partial charge < -0.3 is 15.3 Å². The highest BCUT2D eigenvalue weighted by atomic mass is 127. The van der Waals surface area contributed by atoms with Crippen molar-refractivity contribution in [2.75, 3.05) is 0 Å². The van der Waals surface area contributed by atoms with E-state index in [0.29, 0.717) is 0 Å². The molecule has 1 atom stereocenters. The molecule has 0 amide bonds. The average molecular weight is 484 g/mol. The average Bonchev–Trinajstić information content (AvgIpc) is 2.24. The molecule has 1 aromatic carbocycles. The Hall–Kier alpha value is -0.230. The molecule has 18 heavy (non-hydrogen) atoms. The fourth-order valence-electron chi connectivity index (χ4n) is 1.24. The highest BCUT2D eigenvalue weighted by Crippen LogP contribution is 2.40. The number of carbonyl (C=O) groups is 1. The van der Waals surface area contributed by atoms with Gasteiger partial charge in [0, 0.05) is 0 Å². The van der Waals surface area contributed by atoms with E-state index in [-0.39, 0.29) is 18.5 Å². The van der Waals surface area contributed by atoms with Gasteiger partial charge in [-0.25, -0.2) is 4.79 Å². The van der Waals surface area contributed by atoms with Crippen LogP contribution in [0, 0.1) is 7.14 Å². The Morgan fingerprint density at radius 3 is 2.00 bits per heavy atom. The molecule has 1 unspecified atom stereocenters. The van der Waals surface area contributed by atoms with Gasteiger partial charge in [0.1, 0.15) is 5.75 Å². The molecule has 1 aromatic rings. The third-order valence-corrected chi connectivity index (χ3v) is 4.10. The fourth-order valence-corrected chi connectivity index (χ4v) is 3.00. The first kappa shape index (κ1) is 15.8. The van der Waals surface area contributed by atoms with Crippen molar-refractivity contribution in [2.24, 2.45) is 0 Å². The Labute approximate surface area is 128 Å². The van der Waals surface area contributed by atoms with Gasteiger partial charge in [0.05, 0.1) is 7.14 Å². The van der Waals surface area contributed by atoms with Gasteiger partial charge in [-0.05, 0) is 69.8 Å². The lowest BCUT2D eigenvalue weighted by atomic mass is 9.89. The number of aliphatic carboxylic acids is 1. The van der Waals surface area contributed by atoms with Crippen molar-refractivity contribution in [1.82, 2.24) is 0 Å². The van der Waals surface area contributed by atoms with E-state index in [9.17, 15) is 23.8 Å². The molecule has 3 N–H and O–H groups in total. The molecular formula is C10H8F2I2O4. The van der Waals surface area contributed by atoms with Crippen molar-refractivity contribution in [1.29, 1.82) is 0 Å². The Balaban J connectivity index is 3.42. The van der Waals surface area contributed by atoms with E-state index in [1.54, 1.807) is 45.2 Å². The molecule has 4 nitrogen and oxygen atoms in total. The molecule has 0 fully saturated rings. The summed E-state index contributed by atoms with van der Waals surface area (Å²) in [5.41, 5.74) is -3.15. The van der Waals surface area contributed by atoms with Crippen LogP contribution in [0.3, 0.4) is 0 Å². The topological polar surface area (TPSA) is 77.8 Å². The lowest BCUT2D eigenvalue weighted by Crippen LogP contribution is -2.48. The van der Waals surface area contributed by atoms with Crippen LogP contribution in [0.2, 0.25) is 0 Å². The monoisotopic (exact) mass is 484 g/mol. The molecular weight excluding hydrogens is 476 g/mol. The first-order chi connectivity index (χ1) is 8.01. The predicted octanol–water partition coefficient (Wildman–Crippen LogP) is 2.53. The van der Waals surface area contributed by atoms with E-state index in [0.717, 1.165) is 19.1 Å². The van der Waals surface area contributed by atoms with Gasteiger partial charge in [0.15, 0.2) is 5.60 Å². The number of carboxylic acid groups (broad SMARTS) is 1. The molecule has 8 heteroatoms. The number of hydrogen-bond acceptors (Lipinski definition) is 3. The standard InChI is InChI=1S/C10H8F2I2O4/c1-9(18,10(11,12)8(16)17)4-2-5(13)7(15)6(14)3-4/h2-3,15,18H,1H3,(H,16,17). The Morgan fingerprint density at radius 1 is 1.28 bits per heavy atom. The molecule has 1 rings (SSSR count). The number of benzene rings is 1. The number of aliphatic hydroxyl groups is 1. The van der Waals surface area contributed by atoms with Crippen LogP contribution in [0.15, 0.2) is 12.1 Å². The normalized spacial score (nSPS) is 15.2. The Bertz CT molecular complexity index is 480. The van der Waals surface area contributed by atoms with E-state index in [2.05, 4.69) is 0 Å². The zero-order chi connectivity index (χ0) is 14.3. The van der Waals surface area contributed by atoms with Crippen LogP contribution in [0.1, 0.15) is 12.5 Å². The van der Waals surface area contributed by atoms with Gasteiger partial charge in [-0.3, -0.25) is 0 Å². The molecule has 0 aliphatic heterocycles. The van der Waals surface area contributed by atoms with Gasteiger partial charge in [0.25, 0.3) is 0 Å². The third kappa shape index (κ3) is 2.54. The molecule has 0 aliphatic rings. The molecule has 0 saturated carbocycles. The van der Waals surface area contributed by atoms with Crippen LogP contribution < -0.4 is 0 Å². The maximum absolute atomic E-state index is 13.5. The number of rotatable bonds is 3. The largest absolute Gasteiger partial charge is 0.506 e. The Morgan fingerprint density at radius 2 is 1.67 bits per heavy atom. The maximum Gasteiger partial charge on any atom is 0.378 e. The minimum atomic E-state index is -4.34. The number of alkyl halides is 2. The molecule has 0 bridgehead atoms. The molecule has 0 heterocycles. The number of halogens is 4. The van der Waals surface area contributed by atoms with Crippen LogP contribution in [0.5, 0.6) is 5.75 Å². The molecule has 0 spiro atoms. The van der Waals surface area contributed by atoms with Gasteiger partial charge >= 0.3 is 11.9 Å². The first-order valence-corrected chi connectivity index (χ1v) is 6.69. The lowest BCUT2D eigenvalue weighted by molar-refractivity contribution is -0.207. The summed E-state index contributed by atoms with van der Waals surface area (Å²) in [6.45, 7) is 0.722. The van der Waals surface area contributed by atoms with E-state index in [1.807, 2.05) is 0 Å². The van der Waals surface area contributed by atoms with Gasteiger partial charge in [-0.15, -0.1) is 0 Å². The highest BCUT2D eigenvalue weighted by Gasteiger charge is 2.57. The predicted molar refractivity (Wildman–Crippen MR) is 75.7 cm³/mol. The smallest absolute Gasteiger partial charge is 0.378 e. The summed E-state index contributed by atoms with van der Waals surface area (Å²) in [4.78, 5) is 10.5. The fraction of sp³-hybridized carbons (Fsp3) is 0.300. The van der Waals surface area contributed by atoms with Gasteiger partial charge in [-0.1, -0.05) is 0 Å². The summed E-state index contributed by atoms with van der Waals surface area (Å²) in [5.74, 6) is -6.85. The van der Waals surface area contributed by atoms with E-state index < -0.39 is 17.5 Å². The second-order valence-electron chi connectivity index (χ2n) is 3.74. The van der Waals surface area contributed by atoms with Crippen molar-refractivity contribution in [2.45, 2.75) is 18.4 Å². The summed E-state index contributed by atoms with van der Waals surface area (Å²) in [5, 5.41) is 27.8. The molecule has 100 valence electrons. The van der Waals surface area contributed by atoms with Crippen LogP contribution in [0.25, 0.3) is 0 Å². The SMILES string of the molecule is CC(O)(c1cc(I)c(O)c(I)c1)C(F)(F)C(=O)O. The Kier molecular flexibility index (Phi) is 4.43. The number of hydrogen-bond donors (Lipinski definition) is 3. The van der Waals surface area contributed by atoms with Crippen molar-refractivity contribution >= 4 is 51.2 Å². The minimum absolute atomic E-state index is 0.102. The lowest BCUT2D eigenvalue weighted by Gasteiger charge is -2.30. The quantitative estimate of drug-likeness (QED) is 0.577. The molecule has 0 radical (unpaired) electrons. The number of phenols is 1. The number of aromatic hydroxyl groups is 1. The van der Waals surface area contributed by atoms with Crippen LogP contribution >= 0.6 is 45.2 Å². The highest BCUT2D eigenvalue weighted by molar-refractivity contribution is 14.1. The van der Waals surface area contributed by atoms with Gasteiger partial charge in [-0.2, -0.15) is 8.78 Å². The third-order valence-electron chi connectivity index (χ3n) is 2.46. The van der Waals surface area contributed by atoms with Crippen LogP contribution in [-0.2, 0) is 10.4 Å². The summed E-state index contributed by atoms with van der Waals surface area (Å²) >= 11 is 3.41. The van der Waals surface area contributed by atoms with Crippen molar-refractivity contribution < 1.29 is 28.9 Å². The van der Waals surface area contributed by atoms with E-state index in [1.165, 1.54) is 0 Å². The van der Waals surface area contributed by atoms with Crippen LogP contribution in [0.4, 0.5) is 8.78 Å². The molecule has 0 aliphatic carbocycles. The zero-order valence-corrected chi connectivity index (χ0v) is 13.2. The zero-order valence-electron chi connectivity index (χ0n) is 8.92. The molecule has 0 saturated heterocycles.